The summed E-state index contributed by atoms with van der Waals surface area (Å²) >= 11 is 0. The third kappa shape index (κ3) is 2.98. The molecular weight excluding hydrogens is 388 g/mol. The summed E-state index contributed by atoms with van der Waals surface area (Å²) in [6.45, 7) is 3.60. The summed E-state index contributed by atoms with van der Waals surface area (Å²) in [5.74, 6) is -0.675. The maximum absolute atomic E-state index is 12.9. The Morgan fingerprint density at radius 1 is 1.23 bits per heavy atom. The monoisotopic (exact) mass is 414 g/mol. The third-order valence-electron chi connectivity index (χ3n) is 7.69. The molecule has 0 N–H and O–H groups in total. The average Bonchev–Trinajstić information content (AvgIpc) is 3.36. The van der Waals surface area contributed by atoms with Crippen LogP contribution in [0.4, 0.5) is 0 Å². The Morgan fingerprint density at radius 3 is 2.68 bits per heavy atom. The second kappa shape index (κ2) is 7.56. The summed E-state index contributed by atoms with van der Waals surface area (Å²) < 4.78 is 0. The highest BCUT2D eigenvalue weighted by molar-refractivity contribution is 5.94. The Morgan fingerprint density at radius 2 is 1.97 bits per heavy atom. The second-order valence-electron chi connectivity index (χ2n) is 9.17. The number of fused-ring (bicyclic) bond motifs is 3. The zero-order valence-corrected chi connectivity index (χ0v) is 17.8. The lowest BCUT2D eigenvalue weighted by Crippen LogP contribution is -2.53. The number of hydrogen-bond donors (Lipinski definition) is 0. The molecular formula is C25H26N4O2. The quantitative estimate of drug-likeness (QED) is 0.752. The topological polar surface area (TPSA) is 87.0 Å². The van der Waals surface area contributed by atoms with Crippen LogP contribution >= 0.6 is 0 Å². The summed E-state index contributed by atoms with van der Waals surface area (Å²) in [6.07, 6.45) is 7.69. The van der Waals surface area contributed by atoms with Crippen LogP contribution in [0.2, 0.25) is 0 Å². The van der Waals surface area contributed by atoms with Crippen LogP contribution in [-0.4, -0.2) is 39.6 Å². The fourth-order valence-corrected chi connectivity index (χ4v) is 6.13. The molecule has 2 aliphatic carbocycles. The van der Waals surface area contributed by atoms with Crippen LogP contribution in [0.25, 0.3) is 0 Å². The van der Waals surface area contributed by atoms with E-state index in [0.29, 0.717) is 12.0 Å². The molecule has 1 unspecified atom stereocenters. The van der Waals surface area contributed by atoms with Crippen molar-refractivity contribution in [1.82, 2.24) is 14.9 Å². The van der Waals surface area contributed by atoms with Crippen LogP contribution < -0.4 is 0 Å². The van der Waals surface area contributed by atoms with E-state index in [1.807, 2.05) is 42.3 Å². The number of benzene rings is 1. The number of rotatable bonds is 2. The molecule has 2 heterocycles. The lowest BCUT2D eigenvalue weighted by molar-refractivity contribution is -0.131. The molecule has 1 aromatic heterocycles. The summed E-state index contributed by atoms with van der Waals surface area (Å²) in [5, 5.41) is 9.76. The first kappa shape index (κ1) is 19.9. The van der Waals surface area contributed by atoms with Crippen LogP contribution in [0.1, 0.15) is 59.8 Å². The van der Waals surface area contributed by atoms with E-state index >= 15 is 0 Å². The molecule has 1 saturated heterocycles. The molecule has 0 radical (unpaired) electrons. The van der Waals surface area contributed by atoms with Gasteiger partial charge in [0.15, 0.2) is 5.78 Å². The number of carbonyl (C=O) groups excluding carboxylic acids is 2. The highest BCUT2D eigenvalue weighted by Crippen LogP contribution is 2.55. The molecule has 158 valence electrons. The van der Waals surface area contributed by atoms with Gasteiger partial charge < -0.3 is 4.90 Å². The van der Waals surface area contributed by atoms with Crippen molar-refractivity contribution in [1.29, 1.82) is 5.26 Å². The zero-order valence-electron chi connectivity index (χ0n) is 17.8. The number of aryl methyl sites for hydroxylation is 1. The summed E-state index contributed by atoms with van der Waals surface area (Å²) in [5.41, 5.74) is 3.24. The van der Waals surface area contributed by atoms with Crippen LogP contribution in [0.3, 0.4) is 0 Å². The van der Waals surface area contributed by atoms with Crippen LogP contribution in [0.15, 0.2) is 36.8 Å². The van der Waals surface area contributed by atoms with Gasteiger partial charge in [0, 0.05) is 36.2 Å². The van der Waals surface area contributed by atoms with E-state index in [1.54, 1.807) is 6.33 Å². The minimum Gasteiger partial charge on any atom is -0.339 e. The summed E-state index contributed by atoms with van der Waals surface area (Å²) in [4.78, 5) is 36.5. The zero-order chi connectivity index (χ0) is 21.6. The number of ketones is 1. The third-order valence-corrected chi connectivity index (χ3v) is 7.69. The molecule has 31 heavy (non-hydrogen) atoms. The fraction of sp³-hybridized carbons (Fsp3) is 0.480. The van der Waals surface area contributed by atoms with Crippen molar-refractivity contribution >= 4 is 11.7 Å². The number of likely N-dealkylation sites (tertiary alicyclic amines) is 1. The first-order valence-electron chi connectivity index (χ1n) is 11.2. The largest absolute Gasteiger partial charge is 0.339 e. The van der Waals surface area contributed by atoms with Gasteiger partial charge in [-0.25, -0.2) is 9.97 Å². The van der Waals surface area contributed by atoms with Gasteiger partial charge in [-0.15, -0.1) is 0 Å². The summed E-state index contributed by atoms with van der Waals surface area (Å²) in [6, 6.07) is 10.1. The van der Waals surface area contributed by atoms with Crippen molar-refractivity contribution < 1.29 is 9.59 Å². The second-order valence-corrected chi connectivity index (χ2v) is 9.17. The minimum absolute atomic E-state index is 0.0430. The first-order valence-corrected chi connectivity index (χ1v) is 11.2. The molecule has 1 aliphatic heterocycles. The Bertz CT molecular complexity index is 1070. The van der Waals surface area contributed by atoms with E-state index in [0.717, 1.165) is 55.6 Å². The molecule has 0 bridgehead atoms. The van der Waals surface area contributed by atoms with Crippen molar-refractivity contribution in [2.24, 2.45) is 17.8 Å². The number of aromatic nitrogens is 2. The van der Waals surface area contributed by atoms with E-state index in [4.69, 9.17) is 4.98 Å². The lowest BCUT2D eigenvalue weighted by atomic mass is 9.51. The van der Waals surface area contributed by atoms with Crippen LogP contribution in [0, 0.1) is 29.1 Å². The van der Waals surface area contributed by atoms with E-state index in [1.165, 1.54) is 0 Å². The van der Waals surface area contributed by atoms with Gasteiger partial charge in [-0.1, -0.05) is 19.1 Å². The Labute approximate surface area is 182 Å². The molecule has 2 fully saturated rings. The molecule has 3 aliphatic rings. The highest BCUT2D eigenvalue weighted by Gasteiger charge is 2.56. The number of amides is 1. The van der Waals surface area contributed by atoms with E-state index in [-0.39, 0.29) is 23.5 Å². The molecule has 1 amide bonds. The van der Waals surface area contributed by atoms with Gasteiger partial charge in [-0.05, 0) is 61.3 Å². The number of carbonyl (C=O) groups is 2. The van der Waals surface area contributed by atoms with E-state index in [9.17, 15) is 14.9 Å². The molecule has 0 spiro atoms. The van der Waals surface area contributed by atoms with Crippen LogP contribution in [-0.2, 0) is 16.6 Å². The van der Waals surface area contributed by atoms with Gasteiger partial charge in [0.1, 0.15) is 12.2 Å². The van der Waals surface area contributed by atoms with Gasteiger partial charge in [0.2, 0.25) is 0 Å². The van der Waals surface area contributed by atoms with E-state index in [2.05, 4.69) is 11.1 Å². The maximum atomic E-state index is 12.9. The normalized spacial score (nSPS) is 29.7. The Kier molecular flexibility index (Phi) is 4.85. The Balaban J connectivity index is 1.62. The average molecular weight is 415 g/mol. The standard InChI is InChI=1S/C25H26N4O2/c1-16-21-9-6-18-14-27-15-28-23(18)25(21,12-19(13-26)22(16)30)20-7-4-17(5-8-20)24(31)29-10-2-3-11-29/h4-5,7-8,14-16,19,21H,2-3,6,9-12H2,1H3/t16-,19?,21-,25-/m0/s1. The number of hydrogen-bond acceptors (Lipinski definition) is 5. The Hall–Kier alpha value is -3.07. The van der Waals surface area contributed by atoms with Gasteiger partial charge in [-0.3, -0.25) is 9.59 Å². The first-order chi connectivity index (χ1) is 15.1. The molecule has 4 atom stereocenters. The highest BCUT2D eigenvalue weighted by atomic mass is 16.2. The molecule has 6 nitrogen and oxygen atoms in total. The van der Waals surface area contributed by atoms with Crippen molar-refractivity contribution in [2.45, 2.75) is 44.4 Å². The predicted molar refractivity (Wildman–Crippen MR) is 114 cm³/mol. The van der Waals surface area contributed by atoms with Crippen molar-refractivity contribution in [3.05, 3.63) is 59.2 Å². The molecule has 1 aromatic carbocycles. The molecule has 6 heteroatoms. The van der Waals surface area contributed by atoms with Crippen molar-refractivity contribution in [3.63, 3.8) is 0 Å². The van der Waals surface area contributed by atoms with Gasteiger partial charge in [-0.2, -0.15) is 5.26 Å². The molecule has 5 rings (SSSR count). The van der Waals surface area contributed by atoms with Crippen molar-refractivity contribution in [3.8, 4) is 6.07 Å². The number of nitrogens with zero attached hydrogens (tertiary/aromatic N) is 4. The fourth-order valence-electron chi connectivity index (χ4n) is 6.13. The summed E-state index contributed by atoms with van der Waals surface area (Å²) in [7, 11) is 0. The van der Waals surface area contributed by atoms with E-state index < -0.39 is 11.3 Å². The SMILES string of the molecule is C[C@@H]1C(=O)C(C#N)C[C@@]2(c3ccc(C(=O)N4CCCC4)cc3)c3ncncc3CC[C@@H]12. The van der Waals surface area contributed by atoms with Crippen molar-refractivity contribution in [2.75, 3.05) is 13.1 Å². The molecule has 1 saturated carbocycles. The number of Topliss-reactive ketones (excluding diaryl/α,β-unsaturated/α-hetero) is 1. The van der Waals surface area contributed by atoms with Gasteiger partial charge in [0.25, 0.3) is 5.91 Å². The predicted octanol–water partition coefficient (Wildman–Crippen LogP) is 3.31. The smallest absolute Gasteiger partial charge is 0.253 e. The van der Waals surface area contributed by atoms with Gasteiger partial charge in [0.05, 0.1) is 11.8 Å². The minimum atomic E-state index is -0.655. The van der Waals surface area contributed by atoms with Gasteiger partial charge >= 0.3 is 0 Å². The lowest BCUT2D eigenvalue weighted by Gasteiger charge is -2.51. The number of nitriles is 1. The maximum Gasteiger partial charge on any atom is 0.253 e. The van der Waals surface area contributed by atoms with Crippen LogP contribution in [0.5, 0.6) is 0 Å². The molecule has 2 aromatic rings.